The van der Waals surface area contributed by atoms with Crippen LogP contribution in [0, 0.1) is 5.92 Å². The van der Waals surface area contributed by atoms with Crippen LogP contribution in [-0.4, -0.2) is 29.5 Å². The van der Waals surface area contributed by atoms with E-state index in [0.717, 1.165) is 13.1 Å². The summed E-state index contributed by atoms with van der Waals surface area (Å²) in [6, 6.07) is 0.276. The van der Waals surface area contributed by atoms with Gasteiger partial charge in [0.25, 0.3) is 0 Å². The van der Waals surface area contributed by atoms with Crippen molar-refractivity contribution in [3.05, 3.63) is 18.0 Å². The highest BCUT2D eigenvalue weighted by molar-refractivity contribution is 5.14. The van der Waals surface area contributed by atoms with E-state index in [1.165, 1.54) is 18.4 Å². The predicted octanol–water partition coefficient (Wildman–Crippen LogP) is 1.98. The maximum atomic E-state index is 5.69. The van der Waals surface area contributed by atoms with E-state index < -0.39 is 0 Å². The van der Waals surface area contributed by atoms with Gasteiger partial charge in [-0.05, 0) is 32.2 Å². The SMILES string of the molecule is CCNC(c1cnn(CC)c1)C(OC)C1CC1. The Bertz CT molecular complexity index is 346. The van der Waals surface area contributed by atoms with Gasteiger partial charge >= 0.3 is 0 Å². The summed E-state index contributed by atoms with van der Waals surface area (Å²) in [4.78, 5) is 0. The van der Waals surface area contributed by atoms with Gasteiger partial charge in [0.2, 0.25) is 0 Å². The highest BCUT2D eigenvalue weighted by atomic mass is 16.5. The molecule has 0 aliphatic heterocycles. The molecule has 2 rings (SSSR count). The molecule has 96 valence electrons. The highest BCUT2D eigenvalue weighted by Crippen LogP contribution is 2.39. The van der Waals surface area contributed by atoms with Crippen molar-refractivity contribution in [2.75, 3.05) is 13.7 Å². The molecule has 1 aromatic heterocycles. The molecule has 0 saturated heterocycles. The molecule has 0 amide bonds. The third-order valence-electron chi connectivity index (χ3n) is 3.45. The van der Waals surface area contributed by atoms with Crippen LogP contribution in [0.4, 0.5) is 0 Å². The van der Waals surface area contributed by atoms with Crippen molar-refractivity contribution in [3.8, 4) is 0 Å². The Morgan fingerprint density at radius 1 is 1.53 bits per heavy atom. The number of methoxy groups -OCH3 is 1. The summed E-state index contributed by atoms with van der Waals surface area (Å²) in [5.74, 6) is 0.717. The number of nitrogens with zero attached hydrogens (tertiary/aromatic N) is 2. The lowest BCUT2D eigenvalue weighted by Gasteiger charge is -2.25. The Morgan fingerprint density at radius 3 is 2.76 bits per heavy atom. The topological polar surface area (TPSA) is 39.1 Å². The number of nitrogens with one attached hydrogen (secondary N) is 1. The third kappa shape index (κ3) is 2.87. The van der Waals surface area contributed by atoms with Crippen molar-refractivity contribution in [3.63, 3.8) is 0 Å². The molecule has 17 heavy (non-hydrogen) atoms. The normalized spacial score (nSPS) is 19.2. The van der Waals surface area contributed by atoms with Crippen LogP contribution >= 0.6 is 0 Å². The Balaban J connectivity index is 2.14. The summed E-state index contributed by atoms with van der Waals surface area (Å²) in [7, 11) is 1.82. The van der Waals surface area contributed by atoms with Gasteiger partial charge in [-0.2, -0.15) is 5.10 Å². The second kappa shape index (κ2) is 5.65. The molecule has 1 heterocycles. The van der Waals surface area contributed by atoms with Gasteiger partial charge < -0.3 is 10.1 Å². The standard InChI is InChI=1S/C13H23N3O/c1-4-14-12(13(17-3)10-6-7-10)11-8-15-16(5-2)9-11/h8-10,12-14H,4-7H2,1-3H3. The van der Waals surface area contributed by atoms with Crippen LogP contribution in [0.25, 0.3) is 0 Å². The van der Waals surface area contributed by atoms with Gasteiger partial charge in [0, 0.05) is 25.4 Å². The van der Waals surface area contributed by atoms with Crippen molar-refractivity contribution in [2.24, 2.45) is 5.92 Å². The molecular formula is C13H23N3O. The zero-order chi connectivity index (χ0) is 12.3. The van der Waals surface area contributed by atoms with Crippen molar-refractivity contribution in [1.82, 2.24) is 15.1 Å². The van der Waals surface area contributed by atoms with E-state index in [-0.39, 0.29) is 12.1 Å². The van der Waals surface area contributed by atoms with Crippen LogP contribution in [0.15, 0.2) is 12.4 Å². The molecule has 0 spiro atoms. The highest BCUT2D eigenvalue weighted by Gasteiger charge is 2.37. The Kier molecular flexibility index (Phi) is 4.18. The Hall–Kier alpha value is -0.870. The lowest BCUT2D eigenvalue weighted by atomic mass is 10.0. The number of likely N-dealkylation sites (N-methyl/N-ethyl adjacent to an activating group) is 1. The molecule has 1 aliphatic carbocycles. The van der Waals surface area contributed by atoms with Crippen LogP contribution in [-0.2, 0) is 11.3 Å². The van der Waals surface area contributed by atoms with Crippen LogP contribution in [0.5, 0.6) is 0 Å². The summed E-state index contributed by atoms with van der Waals surface area (Å²) >= 11 is 0. The van der Waals surface area contributed by atoms with Gasteiger partial charge in [0.1, 0.15) is 0 Å². The summed E-state index contributed by atoms with van der Waals surface area (Å²) in [6.07, 6.45) is 6.96. The molecule has 1 N–H and O–H groups in total. The number of aromatic nitrogens is 2. The van der Waals surface area contributed by atoms with Gasteiger partial charge in [-0.3, -0.25) is 4.68 Å². The lowest BCUT2D eigenvalue weighted by molar-refractivity contribution is 0.0511. The maximum Gasteiger partial charge on any atom is 0.0795 e. The van der Waals surface area contributed by atoms with E-state index in [9.17, 15) is 0 Å². The lowest BCUT2D eigenvalue weighted by Crippen LogP contribution is -2.34. The average molecular weight is 237 g/mol. The predicted molar refractivity (Wildman–Crippen MR) is 67.8 cm³/mol. The largest absolute Gasteiger partial charge is 0.379 e. The molecule has 4 heteroatoms. The average Bonchev–Trinajstić information content (AvgIpc) is 3.07. The molecule has 1 fully saturated rings. The van der Waals surface area contributed by atoms with Gasteiger partial charge in [-0.1, -0.05) is 6.92 Å². The molecule has 2 unspecified atom stereocenters. The number of rotatable bonds is 7. The number of hydrogen-bond acceptors (Lipinski definition) is 3. The van der Waals surface area contributed by atoms with E-state index in [4.69, 9.17) is 4.74 Å². The summed E-state index contributed by atoms with van der Waals surface area (Å²) in [5, 5.41) is 7.89. The number of ether oxygens (including phenoxy) is 1. The van der Waals surface area contributed by atoms with Crippen molar-refractivity contribution >= 4 is 0 Å². The zero-order valence-corrected chi connectivity index (χ0v) is 11.0. The van der Waals surface area contributed by atoms with Crippen LogP contribution in [0.1, 0.15) is 38.3 Å². The monoisotopic (exact) mass is 237 g/mol. The van der Waals surface area contributed by atoms with Crippen molar-refractivity contribution in [1.29, 1.82) is 0 Å². The van der Waals surface area contributed by atoms with E-state index in [1.807, 2.05) is 18.0 Å². The van der Waals surface area contributed by atoms with Gasteiger partial charge in [0.15, 0.2) is 0 Å². The van der Waals surface area contributed by atoms with E-state index in [1.54, 1.807) is 0 Å². The first-order chi connectivity index (χ1) is 8.30. The Labute approximate surface area is 103 Å². The third-order valence-corrected chi connectivity index (χ3v) is 3.45. The summed E-state index contributed by atoms with van der Waals surface area (Å²) < 4.78 is 7.66. The molecule has 1 aliphatic rings. The molecule has 0 aromatic carbocycles. The minimum absolute atomic E-state index is 0.276. The fraction of sp³-hybridized carbons (Fsp3) is 0.769. The zero-order valence-electron chi connectivity index (χ0n) is 11.0. The first kappa shape index (κ1) is 12.6. The minimum Gasteiger partial charge on any atom is -0.379 e. The molecule has 2 atom stereocenters. The molecule has 0 bridgehead atoms. The summed E-state index contributed by atoms with van der Waals surface area (Å²) in [5.41, 5.74) is 1.24. The number of hydrogen-bond donors (Lipinski definition) is 1. The Morgan fingerprint density at radius 2 is 2.29 bits per heavy atom. The second-order valence-electron chi connectivity index (χ2n) is 4.70. The number of aryl methyl sites for hydroxylation is 1. The quantitative estimate of drug-likeness (QED) is 0.788. The van der Waals surface area contributed by atoms with Gasteiger partial charge in [0.05, 0.1) is 18.3 Å². The van der Waals surface area contributed by atoms with Crippen molar-refractivity contribution in [2.45, 2.75) is 45.4 Å². The molecular weight excluding hydrogens is 214 g/mol. The smallest absolute Gasteiger partial charge is 0.0795 e. The molecule has 0 radical (unpaired) electrons. The van der Waals surface area contributed by atoms with Crippen molar-refractivity contribution < 1.29 is 4.74 Å². The van der Waals surface area contributed by atoms with Crippen LogP contribution in [0.3, 0.4) is 0 Å². The van der Waals surface area contributed by atoms with Crippen LogP contribution in [0.2, 0.25) is 0 Å². The van der Waals surface area contributed by atoms with E-state index >= 15 is 0 Å². The molecule has 1 aromatic rings. The molecule has 1 saturated carbocycles. The second-order valence-corrected chi connectivity index (χ2v) is 4.70. The van der Waals surface area contributed by atoms with Gasteiger partial charge in [-0.15, -0.1) is 0 Å². The molecule has 4 nitrogen and oxygen atoms in total. The van der Waals surface area contributed by atoms with E-state index in [0.29, 0.717) is 5.92 Å². The van der Waals surface area contributed by atoms with Gasteiger partial charge in [-0.25, -0.2) is 0 Å². The minimum atomic E-state index is 0.276. The van der Waals surface area contributed by atoms with E-state index in [2.05, 4.69) is 30.5 Å². The summed E-state index contributed by atoms with van der Waals surface area (Å²) in [6.45, 7) is 6.11. The maximum absolute atomic E-state index is 5.69. The van der Waals surface area contributed by atoms with Crippen LogP contribution < -0.4 is 5.32 Å². The fourth-order valence-electron chi connectivity index (χ4n) is 2.38. The first-order valence-corrected chi connectivity index (χ1v) is 6.58. The first-order valence-electron chi connectivity index (χ1n) is 6.58. The fourth-order valence-corrected chi connectivity index (χ4v) is 2.38.